The molecule has 0 spiro atoms. The lowest BCUT2D eigenvalue weighted by molar-refractivity contribution is 0.180. The van der Waals surface area contributed by atoms with Gasteiger partial charge in [0.1, 0.15) is 0 Å². The van der Waals surface area contributed by atoms with Crippen LogP contribution in [-0.2, 0) is 0 Å². The summed E-state index contributed by atoms with van der Waals surface area (Å²) in [7, 11) is 0. The van der Waals surface area contributed by atoms with Gasteiger partial charge in [0, 0.05) is 0 Å². The van der Waals surface area contributed by atoms with Gasteiger partial charge in [-0.25, -0.2) is 0 Å². The highest BCUT2D eigenvalue weighted by Gasteiger charge is 2.34. The third-order valence-corrected chi connectivity index (χ3v) is 3.99. The average molecular weight is 238 g/mol. The minimum absolute atomic E-state index is 0.166. The summed E-state index contributed by atoms with van der Waals surface area (Å²) >= 11 is 0. The molecule has 0 saturated heterocycles. The maximum absolute atomic E-state index is 9.99. The van der Waals surface area contributed by atoms with Gasteiger partial charge in [0.15, 0.2) is 0 Å². The van der Waals surface area contributed by atoms with Gasteiger partial charge in [0.25, 0.3) is 0 Å². The first-order valence-electron chi connectivity index (χ1n) is 6.62. The van der Waals surface area contributed by atoms with Crippen molar-refractivity contribution in [3.8, 4) is 0 Å². The largest absolute Gasteiger partial charge is 0.393 e. The number of hydrogen-bond acceptors (Lipinski definition) is 1. The van der Waals surface area contributed by atoms with Crippen LogP contribution in [0.4, 0.5) is 0 Å². The van der Waals surface area contributed by atoms with Crippen LogP contribution in [0, 0.1) is 0 Å². The molecule has 1 heteroatoms. The Morgan fingerprint density at radius 3 is 1.44 bits per heavy atom. The highest BCUT2D eigenvalue weighted by Crippen LogP contribution is 2.45. The average Bonchev–Trinajstić information content (AvgIpc) is 2.83. The van der Waals surface area contributed by atoms with E-state index in [4.69, 9.17) is 0 Å². The third kappa shape index (κ3) is 2.19. The summed E-state index contributed by atoms with van der Waals surface area (Å²) < 4.78 is 0. The number of benzene rings is 2. The van der Waals surface area contributed by atoms with Crippen LogP contribution in [0.3, 0.4) is 0 Å². The van der Waals surface area contributed by atoms with Crippen molar-refractivity contribution in [2.24, 2.45) is 0 Å². The molecule has 1 aliphatic rings. The summed E-state index contributed by atoms with van der Waals surface area (Å²) in [5.74, 6) is 0.896. The molecule has 18 heavy (non-hydrogen) atoms. The minimum atomic E-state index is -0.166. The summed E-state index contributed by atoms with van der Waals surface area (Å²) in [5, 5.41) is 9.99. The van der Waals surface area contributed by atoms with E-state index in [0.29, 0.717) is 11.8 Å². The van der Waals surface area contributed by atoms with Crippen molar-refractivity contribution in [1.82, 2.24) is 0 Å². The van der Waals surface area contributed by atoms with E-state index < -0.39 is 0 Å². The van der Waals surface area contributed by atoms with Crippen molar-refractivity contribution in [2.75, 3.05) is 0 Å². The summed E-state index contributed by atoms with van der Waals surface area (Å²) in [4.78, 5) is 0. The molecule has 3 rings (SSSR count). The first-order valence-corrected chi connectivity index (χ1v) is 6.62. The molecule has 1 aliphatic carbocycles. The monoisotopic (exact) mass is 238 g/mol. The predicted octanol–water partition coefficient (Wildman–Crippen LogP) is 3.71. The lowest BCUT2D eigenvalue weighted by Crippen LogP contribution is -2.04. The Labute approximate surface area is 108 Å². The van der Waals surface area contributed by atoms with Gasteiger partial charge in [0.2, 0.25) is 0 Å². The van der Waals surface area contributed by atoms with E-state index in [-0.39, 0.29) is 6.10 Å². The second-order valence-corrected chi connectivity index (χ2v) is 5.16. The fraction of sp³-hybridized carbons (Fsp3) is 0.294. The van der Waals surface area contributed by atoms with Crippen LogP contribution < -0.4 is 0 Å². The van der Waals surface area contributed by atoms with Gasteiger partial charge in [-0.15, -0.1) is 0 Å². The Hall–Kier alpha value is -1.60. The molecule has 0 bridgehead atoms. The highest BCUT2D eigenvalue weighted by molar-refractivity contribution is 5.30. The van der Waals surface area contributed by atoms with E-state index in [2.05, 4.69) is 48.5 Å². The van der Waals surface area contributed by atoms with Gasteiger partial charge in [0.05, 0.1) is 6.10 Å². The Morgan fingerprint density at radius 1 is 0.667 bits per heavy atom. The molecule has 1 N–H and O–H groups in total. The SMILES string of the molecule is OC1C[C@H](c2ccccc2)[C@@H](c2ccccc2)C1. The molecule has 2 atom stereocenters. The van der Waals surface area contributed by atoms with Crippen molar-refractivity contribution < 1.29 is 5.11 Å². The van der Waals surface area contributed by atoms with Crippen LogP contribution in [0.2, 0.25) is 0 Å². The fourth-order valence-electron chi connectivity index (χ4n) is 3.15. The van der Waals surface area contributed by atoms with Crippen molar-refractivity contribution in [3.63, 3.8) is 0 Å². The Morgan fingerprint density at radius 2 is 1.06 bits per heavy atom. The lowest BCUT2D eigenvalue weighted by Gasteiger charge is -2.20. The Balaban J connectivity index is 1.93. The molecule has 1 saturated carbocycles. The van der Waals surface area contributed by atoms with Crippen LogP contribution >= 0.6 is 0 Å². The molecule has 1 fully saturated rings. The molecule has 2 aromatic carbocycles. The zero-order valence-electron chi connectivity index (χ0n) is 10.4. The molecule has 0 unspecified atom stereocenters. The van der Waals surface area contributed by atoms with E-state index in [9.17, 15) is 5.11 Å². The first kappa shape index (κ1) is 11.5. The molecule has 0 heterocycles. The quantitative estimate of drug-likeness (QED) is 0.845. The summed E-state index contributed by atoms with van der Waals surface area (Å²) in [6, 6.07) is 21.2. The van der Waals surface area contributed by atoms with Crippen LogP contribution in [0.5, 0.6) is 0 Å². The fourth-order valence-corrected chi connectivity index (χ4v) is 3.15. The van der Waals surface area contributed by atoms with E-state index in [1.54, 1.807) is 0 Å². The topological polar surface area (TPSA) is 20.2 Å². The van der Waals surface area contributed by atoms with Crippen molar-refractivity contribution in [1.29, 1.82) is 0 Å². The Kier molecular flexibility index (Phi) is 3.16. The number of hydrogen-bond donors (Lipinski definition) is 1. The maximum atomic E-state index is 9.99. The van der Waals surface area contributed by atoms with Gasteiger partial charge in [-0.1, -0.05) is 60.7 Å². The number of rotatable bonds is 2. The summed E-state index contributed by atoms with van der Waals surface area (Å²) in [6.07, 6.45) is 1.59. The second-order valence-electron chi connectivity index (χ2n) is 5.16. The van der Waals surface area contributed by atoms with E-state index in [0.717, 1.165) is 12.8 Å². The maximum Gasteiger partial charge on any atom is 0.0552 e. The normalized spacial score (nSPS) is 24.3. The van der Waals surface area contributed by atoms with E-state index >= 15 is 0 Å². The highest BCUT2D eigenvalue weighted by atomic mass is 16.3. The minimum Gasteiger partial charge on any atom is -0.393 e. The smallest absolute Gasteiger partial charge is 0.0552 e. The molecular formula is C17H18O. The van der Waals surface area contributed by atoms with Crippen LogP contribution in [0.25, 0.3) is 0 Å². The third-order valence-electron chi connectivity index (χ3n) is 3.99. The predicted molar refractivity (Wildman–Crippen MR) is 73.6 cm³/mol. The summed E-state index contributed by atoms with van der Waals surface area (Å²) in [5.41, 5.74) is 2.70. The molecule has 0 aromatic heterocycles. The first-order chi connectivity index (χ1) is 8.84. The van der Waals surface area contributed by atoms with Crippen LogP contribution in [0.15, 0.2) is 60.7 Å². The van der Waals surface area contributed by atoms with Gasteiger partial charge >= 0.3 is 0 Å². The number of aliphatic hydroxyl groups is 1. The second kappa shape index (κ2) is 4.95. The molecule has 1 nitrogen and oxygen atoms in total. The van der Waals surface area contributed by atoms with Gasteiger partial charge in [-0.05, 0) is 35.8 Å². The van der Waals surface area contributed by atoms with Crippen LogP contribution in [0.1, 0.15) is 35.8 Å². The molecule has 0 radical (unpaired) electrons. The van der Waals surface area contributed by atoms with Crippen molar-refractivity contribution >= 4 is 0 Å². The zero-order valence-corrected chi connectivity index (χ0v) is 10.4. The molecule has 2 aromatic rings. The van der Waals surface area contributed by atoms with Crippen molar-refractivity contribution in [2.45, 2.75) is 30.8 Å². The van der Waals surface area contributed by atoms with Crippen LogP contribution in [-0.4, -0.2) is 11.2 Å². The summed E-state index contributed by atoms with van der Waals surface area (Å²) in [6.45, 7) is 0. The van der Waals surface area contributed by atoms with Gasteiger partial charge in [-0.2, -0.15) is 0 Å². The van der Waals surface area contributed by atoms with Crippen molar-refractivity contribution in [3.05, 3.63) is 71.8 Å². The van der Waals surface area contributed by atoms with Gasteiger partial charge in [-0.3, -0.25) is 0 Å². The molecular weight excluding hydrogens is 220 g/mol. The number of aliphatic hydroxyl groups excluding tert-OH is 1. The lowest BCUT2D eigenvalue weighted by atomic mass is 9.84. The van der Waals surface area contributed by atoms with E-state index in [1.807, 2.05) is 12.1 Å². The molecule has 92 valence electrons. The zero-order chi connectivity index (χ0) is 12.4. The van der Waals surface area contributed by atoms with E-state index in [1.165, 1.54) is 11.1 Å². The standard InChI is InChI=1S/C17H18O/c18-15-11-16(13-7-3-1-4-8-13)17(12-15)14-9-5-2-6-10-14/h1-10,15-18H,11-12H2/t16-,17-/m1/s1. The Bertz CT molecular complexity index is 444. The molecule has 0 amide bonds. The molecule has 0 aliphatic heterocycles. The van der Waals surface area contributed by atoms with Gasteiger partial charge < -0.3 is 5.11 Å².